The van der Waals surface area contributed by atoms with Crippen molar-refractivity contribution < 1.29 is 13.6 Å². The third-order valence-electron chi connectivity index (χ3n) is 2.95. The van der Waals surface area contributed by atoms with E-state index in [0.717, 1.165) is 5.52 Å². The average molecular weight is 311 g/mol. The van der Waals surface area contributed by atoms with E-state index in [-0.39, 0.29) is 11.9 Å². The molecule has 108 valence electrons. The summed E-state index contributed by atoms with van der Waals surface area (Å²) in [5, 5.41) is 3.10. The average Bonchev–Trinajstić information content (AvgIpc) is 3.20. The van der Waals surface area contributed by atoms with Gasteiger partial charge in [0.05, 0.1) is 11.2 Å². The standard InChI is InChI=1S/C15H9N3O3S/c19-13-12(8-9-4-3-7-20-9)22-15(17-13)18-14-16-10-5-1-2-6-11(10)21-14/h1-8H,(H,16,17,18,19)/b12-8-. The van der Waals surface area contributed by atoms with Gasteiger partial charge in [0, 0.05) is 6.08 Å². The van der Waals surface area contributed by atoms with E-state index in [9.17, 15) is 4.79 Å². The molecule has 22 heavy (non-hydrogen) atoms. The summed E-state index contributed by atoms with van der Waals surface area (Å²) in [7, 11) is 0. The second-order valence-corrected chi connectivity index (χ2v) is 5.49. The van der Waals surface area contributed by atoms with Crippen LogP contribution in [0.25, 0.3) is 17.2 Å². The summed E-state index contributed by atoms with van der Waals surface area (Å²) >= 11 is 1.21. The molecule has 1 aliphatic rings. The van der Waals surface area contributed by atoms with Gasteiger partial charge in [-0.1, -0.05) is 12.1 Å². The number of carbonyl (C=O) groups excluding carboxylic acids is 1. The summed E-state index contributed by atoms with van der Waals surface area (Å²) in [5.41, 5.74) is 1.38. The molecule has 0 radical (unpaired) electrons. The number of nitrogens with zero attached hydrogens (tertiary/aromatic N) is 2. The van der Waals surface area contributed by atoms with Crippen LogP contribution in [0.1, 0.15) is 5.76 Å². The highest BCUT2D eigenvalue weighted by Crippen LogP contribution is 2.28. The van der Waals surface area contributed by atoms with E-state index >= 15 is 0 Å². The molecule has 6 nitrogen and oxygen atoms in total. The lowest BCUT2D eigenvalue weighted by Crippen LogP contribution is -2.19. The Balaban J connectivity index is 1.62. The van der Waals surface area contributed by atoms with Gasteiger partial charge in [-0.15, -0.1) is 0 Å². The zero-order valence-electron chi connectivity index (χ0n) is 11.1. The van der Waals surface area contributed by atoms with Crippen LogP contribution in [0.5, 0.6) is 0 Å². The molecule has 0 aliphatic carbocycles. The van der Waals surface area contributed by atoms with E-state index in [1.165, 1.54) is 11.8 Å². The van der Waals surface area contributed by atoms with Crippen LogP contribution in [0.3, 0.4) is 0 Å². The second kappa shape index (κ2) is 5.19. The molecule has 7 heteroatoms. The van der Waals surface area contributed by atoms with E-state index in [1.807, 2.05) is 24.3 Å². The van der Waals surface area contributed by atoms with Crippen LogP contribution in [0.4, 0.5) is 6.01 Å². The molecular weight excluding hydrogens is 302 g/mol. The fourth-order valence-corrected chi connectivity index (χ4v) is 2.77. The quantitative estimate of drug-likeness (QED) is 0.734. The molecule has 1 fully saturated rings. The number of aliphatic imine (C=N–C) groups is 1. The highest BCUT2D eigenvalue weighted by Gasteiger charge is 2.24. The molecule has 1 amide bonds. The van der Waals surface area contributed by atoms with Crippen LogP contribution in [0, 0.1) is 0 Å². The summed E-state index contributed by atoms with van der Waals surface area (Å²) in [6.07, 6.45) is 3.21. The predicted molar refractivity (Wildman–Crippen MR) is 83.5 cm³/mol. The highest BCUT2D eigenvalue weighted by atomic mass is 32.2. The summed E-state index contributed by atoms with van der Waals surface area (Å²) in [4.78, 5) is 20.9. The number of amidine groups is 1. The van der Waals surface area contributed by atoms with Crippen molar-refractivity contribution in [2.24, 2.45) is 4.99 Å². The lowest BCUT2D eigenvalue weighted by Gasteiger charge is -1.89. The Bertz CT molecular complexity index is 876. The Labute approximate surface area is 128 Å². The van der Waals surface area contributed by atoms with Gasteiger partial charge in [-0.25, -0.2) is 0 Å². The van der Waals surface area contributed by atoms with Crippen molar-refractivity contribution in [3.63, 3.8) is 0 Å². The number of rotatable bonds is 2. The van der Waals surface area contributed by atoms with Crippen LogP contribution >= 0.6 is 11.8 Å². The van der Waals surface area contributed by atoms with Crippen molar-refractivity contribution in [1.82, 2.24) is 10.3 Å². The van der Waals surface area contributed by atoms with E-state index in [1.54, 1.807) is 24.5 Å². The number of hydrogen-bond acceptors (Lipinski definition) is 6. The number of carbonyl (C=O) groups is 1. The van der Waals surface area contributed by atoms with Crippen LogP contribution in [0.2, 0.25) is 0 Å². The first-order valence-electron chi connectivity index (χ1n) is 6.46. The number of hydrogen-bond donors (Lipinski definition) is 1. The molecule has 0 saturated carbocycles. The van der Waals surface area contributed by atoms with Gasteiger partial charge in [-0.3, -0.25) is 4.79 Å². The number of nitrogens with one attached hydrogen (secondary N) is 1. The SMILES string of the molecule is O=C1N/C(=N\c2nc3ccccc3o2)S/C1=C\c1ccco1. The van der Waals surface area contributed by atoms with Gasteiger partial charge in [0.1, 0.15) is 11.3 Å². The Kier molecular flexibility index (Phi) is 3.05. The zero-order valence-corrected chi connectivity index (χ0v) is 12.0. The normalized spacial score (nSPS) is 18.5. The fourth-order valence-electron chi connectivity index (χ4n) is 1.98. The van der Waals surface area contributed by atoms with Gasteiger partial charge in [0.25, 0.3) is 5.91 Å². The number of thioether (sulfide) groups is 1. The number of oxazole rings is 1. The number of para-hydroxylation sites is 2. The maximum Gasteiger partial charge on any atom is 0.325 e. The fraction of sp³-hybridized carbons (Fsp3) is 0. The zero-order chi connectivity index (χ0) is 14.9. The molecule has 0 spiro atoms. The van der Waals surface area contributed by atoms with Crippen molar-refractivity contribution in [2.75, 3.05) is 0 Å². The van der Waals surface area contributed by atoms with Gasteiger partial charge in [-0.2, -0.15) is 9.98 Å². The third-order valence-corrected chi connectivity index (χ3v) is 3.86. The summed E-state index contributed by atoms with van der Waals surface area (Å²) < 4.78 is 10.7. The van der Waals surface area contributed by atoms with Crippen molar-refractivity contribution in [3.8, 4) is 0 Å². The first kappa shape index (κ1) is 12.9. The van der Waals surface area contributed by atoms with Gasteiger partial charge in [0.2, 0.25) is 0 Å². The second-order valence-electron chi connectivity index (χ2n) is 4.46. The maximum absolute atomic E-state index is 11.9. The number of furan rings is 1. The van der Waals surface area contributed by atoms with E-state index in [0.29, 0.717) is 21.4 Å². The van der Waals surface area contributed by atoms with Crippen molar-refractivity contribution in [1.29, 1.82) is 0 Å². The lowest BCUT2D eigenvalue weighted by atomic mass is 10.3. The molecule has 2 aromatic heterocycles. The Morgan fingerprint density at radius 2 is 2.14 bits per heavy atom. The maximum atomic E-state index is 11.9. The van der Waals surface area contributed by atoms with Crippen LogP contribution in [-0.2, 0) is 4.79 Å². The topological polar surface area (TPSA) is 80.6 Å². The largest absolute Gasteiger partial charge is 0.465 e. The van der Waals surface area contributed by atoms with Crippen molar-refractivity contribution in [2.45, 2.75) is 0 Å². The van der Waals surface area contributed by atoms with Crippen LogP contribution in [0.15, 0.2) is 61.4 Å². The minimum Gasteiger partial charge on any atom is -0.465 e. The summed E-state index contributed by atoms with van der Waals surface area (Å²) in [6.45, 7) is 0. The van der Waals surface area contributed by atoms with Gasteiger partial charge in [-0.05, 0) is 36.0 Å². The monoisotopic (exact) mass is 311 g/mol. The number of aromatic nitrogens is 1. The molecule has 4 rings (SSSR count). The number of benzene rings is 1. The number of fused-ring (bicyclic) bond motifs is 1. The molecule has 1 aliphatic heterocycles. The minimum atomic E-state index is -0.226. The molecule has 3 aromatic rings. The Hall–Kier alpha value is -2.80. The highest BCUT2D eigenvalue weighted by molar-refractivity contribution is 8.18. The van der Waals surface area contributed by atoms with Crippen LogP contribution < -0.4 is 5.32 Å². The van der Waals surface area contributed by atoms with Crippen molar-refractivity contribution in [3.05, 3.63) is 53.3 Å². The third kappa shape index (κ3) is 2.42. The number of amides is 1. The minimum absolute atomic E-state index is 0.211. The first-order valence-corrected chi connectivity index (χ1v) is 7.28. The van der Waals surface area contributed by atoms with E-state index in [2.05, 4.69) is 15.3 Å². The predicted octanol–water partition coefficient (Wildman–Crippen LogP) is 3.31. The molecule has 1 saturated heterocycles. The summed E-state index contributed by atoms with van der Waals surface area (Å²) in [5.74, 6) is 0.386. The Morgan fingerprint density at radius 3 is 2.95 bits per heavy atom. The molecule has 1 N–H and O–H groups in total. The Morgan fingerprint density at radius 1 is 1.23 bits per heavy atom. The van der Waals surface area contributed by atoms with Gasteiger partial charge in [0.15, 0.2) is 10.8 Å². The summed E-state index contributed by atoms with van der Waals surface area (Å²) in [6, 6.07) is 11.1. The van der Waals surface area contributed by atoms with E-state index in [4.69, 9.17) is 8.83 Å². The molecule has 0 unspecified atom stereocenters. The van der Waals surface area contributed by atoms with E-state index < -0.39 is 0 Å². The lowest BCUT2D eigenvalue weighted by molar-refractivity contribution is -0.115. The van der Waals surface area contributed by atoms with Gasteiger partial charge >= 0.3 is 6.01 Å². The molecule has 3 heterocycles. The molecular formula is C15H9N3O3S. The van der Waals surface area contributed by atoms with Crippen molar-refractivity contribution >= 4 is 46.0 Å². The molecule has 0 atom stereocenters. The smallest absolute Gasteiger partial charge is 0.325 e. The first-order chi connectivity index (χ1) is 10.8. The molecule has 0 bridgehead atoms. The molecule has 1 aromatic carbocycles. The van der Waals surface area contributed by atoms with Gasteiger partial charge < -0.3 is 14.2 Å². The van der Waals surface area contributed by atoms with Crippen LogP contribution in [-0.4, -0.2) is 16.1 Å².